The van der Waals surface area contributed by atoms with Crippen molar-refractivity contribution in [3.8, 4) is 0 Å². The molecule has 0 unspecified atom stereocenters. The molecule has 4 aliphatic rings. The summed E-state index contributed by atoms with van der Waals surface area (Å²) in [5.74, 6) is 2.98. The van der Waals surface area contributed by atoms with Crippen molar-refractivity contribution in [2.24, 2.45) is 52.3 Å². The van der Waals surface area contributed by atoms with Crippen LogP contribution in [0, 0.1) is 52.3 Å². The van der Waals surface area contributed by atoms with Crippen LogP contribution in [-0.4, -0.2) is 23.1 Å². The van der Waals surface area contributed by atoms with E-state index in [-0.39, 0.29) is 11.5 Å². The molecule has 0 aromatic rings. The van der Waals surface area contributed by atoms with Gasteiger partial charge in [0.1, 0.15) is 0 Å². The largest absolute Gasteiger partial charge is 0.393 e. The van der Waals surface area contributed by atoms with E-state index in [1.807, 2.05) is 0 Å². The van der Waals surface area contributed by atoms with E-state index >= 15 is 0 Å². The van der Waals surface area contributed by atoms with Crippen molar-refractivity contribution in [1.82, 2.24) is 0 Å². The highest BCUT2D eigenvalue weighted by molar-refractivity contribution is 5.83. The third-order valence-corrected chi connectivity index (χ3v) is 11.2. The molecule has 4 aliphatic carbocycles. The number of hydrogen-bond donors (Lipinski definition) is 1. The zero-order chi connectivity index (χ0) is 23.3. The minimum absolute atomic E-state index is 0.148. The second kappa shape index (κ2) is 9.04. The van der Waals surface area contributed by atoms with E-state index in [4.69, 9.17) is 4.74 Å². The molecule has 10 atom stereocenters. The van der Waals surface area contributed by atoms with E-state index in [0.29, 0.717) is 53.3 Å². The summed E-state index contributed by atoms with van der Waals surface area (Å²) >= 11 is 0. The summed E-state index contributed by atoms with van der Waals surface area (Å²) in [6.45, 7) is 11.0. The van der Waals surface area contributed by atoms with E-state index in [2.05, 4.69) is 27.7 Å². The van der Waals surface area contributed by atoms with Gasteiger partial charge < -0.3 is 9.84 Å². The zero-order valence-electron chi connectivity index (χ0n) is 21.1. The number of carbonyl (C=O) groups excluding carboxylic acids is 2. The van der Waals surface area contributed by atoms with Crippen molar-refractivity contribution in [1.29, 1.82) is 0 Å². The van der Waals surface area contributed by atoms with Crippen molar-refractivity contribution < 1.29 is 19.4 Å². The smallest absolute Gasteiger partial charge is 0.313 e. The van der Waals surface area contributed by atoms with Crippen molar-refractivity contribution in [2.45, 2.75) is 111 Å². The Hall–Kier alpha value is -0.900. The maximum Gasteiger partial charge on any atom is 0.313 e. The first-order valence-electron chi connectivity index (χ1n) is 13.5. The average molecular weight is 447 g/mol. The van der Waals surface area contributed by atoms with Crippen molar-refractivity contribution in [3.05, 3.63) is 0 Å². The van der Waals surface area contributed by atoms with Crippen LogP contribution < -0.4 is 0 Å². The van der Waals surface area contributed by atoms with Crippen LogP contribution >= 0.6 is 0 Å². The van der Waals surface area contributed by atoms with Gasteiger partial charge in [-0.25, -0.2) is 0 Å². The second-order valence-electron chi connectivity index (χ2n) is 12.4. The van der Waals surface area contributed by atoms with Gasteiger partial charge in [0.2, 0.25) is 0 Å². The molecular formula is C28H46O4. The predicted octanol–water partition coefficient (Wildman–Crippen LogP) is 6.15. The van der Waals surface area contributed by atoms with Crippen molar-refractivity contribution in [3.63, 3.8) is 0 Å². The van der Waals surface area contributed by atoms with Crippen molar-refractivity contribution >= 4 is 11.9 Å². The SMILES string of the molecule is CC[C@H]1[C@@H](O)[C@@H]2[C@H](CC[C@]3(C)[C@@H]([C@H](C)CCC(=O)OC(C)=O)CC[C@@H]23)[C@@]2(C)CCCC[C@@H]12. The van der Waals surface area contributed by atoms with Gasteiger partial charge in [-0.1, -0.05) is 47.0 Å². The van der Waals surface area contributed by atoms with Gasteiger partial charge >= 0.3 is 11.9 Å². The van der Waals surface area contributed by atoms with Crippen LogP contribution in [0.5, 0.6) is 0 Å². The standard InChI is InChI=1S/C28H46O4/c1-6-19-21-9-7-8-15-27(21,4)23-14-16-28(5)20(11-12-22(28)25(23)26(19)31)17(2)10-13-24(30)32-18(3)29/h17,19-23,25-26,31H,6-16H2,1-5H3/t17-,19-,20-,21+,22+,23+,25+,26-,27+,28-/m1/s1. The van der Waals surface area contributed by atoms with E-state index < -0.39 is 11.9 Å². The van der Waals surface area contributed by atoms with E-state index in [0.717, 1.165) is 12.8 Å². The summed E-state index contributed by atoms with van der Waals surface area (Å²) in [7, 11) is 0. The molecule has 0 bridgehead atoms. The Morgan fingerprint density at radius 1 is 1.00 bits per heavy atom. The Bertz CT molecular complexity index is 718. The zero-order valence-corrected chi connectivity index (χ0v) is 21.1. The number of carbonyl (C=O) groups is 2. The Morgan fingerprint density at radius 2 is 1.72 bits per heavy atom. The molecule has 4 fully saturated rings. The lowest BCUT2D eigenvalue weighted by atomic mass is 9.41. The third kappa shape index (κ3) is 3.87. The predicted molar refractivity (Wildman–Crippen MR) is 126 cm³/mol. The van der Waals surface area contributed by atoms with Crippen LogP contribution in [0.1, 0.15) is 105 Å². The summed E-state index contributed by atoms with van der Waals surface area (Å²) in [6.07, 6.45) is 12.4. The topological polar surface area (TPSA) is 63.6 Å². The van der Waals surface area contributed by atoms with Gasteiger partial charge in [0, 0.05) is 13.3 Å². The molecule has 1 N–H and O–H groups in total. The molecule has 0 radical (unpaired) electrons. The highest BCUT2D eigenvalue weighted by Gasteiger charge is 2.64. The fraction of sp³-hybridized carbons (Fsp3) is 0.929. The lowest BCUT2D eigenvalue weighted by molar-refractivity contribution is -0.194. The first kappa shape index (κ1) is 24.2. The Morgan fingerprint density at radius 3 is 2.41 bits per heavy atom. The normalized spacial score (nSPS) is 46.5. The molecule has 4 saturated carbocycles. The minimum atomic E-state index is -0.514. The molecule has 4 nitrogen and oxygen atoms in total. The van der Waals surface area contributed by atoms with Gasteiger partial charge in [-0.05, 0) is 97.2 Å². The van der Waals surface area contributed by atoms with E-state index in [1.54, 1.807) is 0 Å². The minimum Gasteiger partial charge on any atom is -0.393 e. The second-order valence-corrected chi connectivity index (χ2v) is 12.4. The molecular weight excluding hydrogens is 400 g/mol. The number of fused-ring (bicyclic) bond motifs is 5. The number of aliphatic hydroxyl groups is 1. The average Bonchev–Trinajstić information content (AvgIpc) is 3.09. The first-order chi connectivity index (χ1) is 15.1. The van der Waals surface area contributed by atoms with Crippen LogP contribution in [-0.2, 0) is 14.3 Å². The molecule has 0 aromatic carbocycles. The first-order valence-corrected chi connectivity index (χ1v) is 13.5. The number of hydrogen-bond acceptors (Lipinski definition) is 4. The summed E-state index contributed by atoms with van der Waals surface area (Å²) in [5.41, 5.74) is 0.659. The molecule has 4 rings (SSSR count). The molecule has 0 heterocycles. The fourth-order valence-corrected chi connectivity index (χ4v) is 9.77. The number of ether oxygens (including phenoxy) is 1. The van der Waals surface area contributed by atoms with Gasteiger partial charge in [-0.2, -0.15) is 0 Å². The molecule has 182 valence electrons. The van der Waals surface area contributed by atoms with Gasteiger partial charge in [-0.15, -0.1) is 0 Å². The van der Waals surface area contributed by atoms with E-state index in [1.165, 1.54) is 58.3 Å². The highest BCUT2D eigenvalue weighted by atomic mass is 16.6. The van der Waals surface area contributed by atoms with Crippen LogP contribution in [0.25, 0.3) is 0 Å². The molecule has 4 heteroatoms. The number of rotatable bonds is 5. The van der Waals surface area contributed by atoms with Gasteiger partial charge in [0.15, 0.2) is 0 Å². The summed E-state index contributed by atoms with van der Waals surface area (Å²) in [6, 6.07) is 0. The molecule has 32 heavy (non-hydrogen) atoms. The van der Waals surface area contributed by atoms with Gasteiger partial charge in [0.05, 0.1) is 6.10 Å². The Labute approximate surface area is 195 Å². The summed E-state index contributed by atoms with van der Waals surface area (Å²) in [4.78, 5) is 23.0. The molecule has 0 saturated heterocycles. The van der Waals surface area contributed by atoms with Gasteiger partial charge in [-0.3, -0.25) is 9.59 Å². The van der Waals surface area contributed by atoms with E-state index in [9.17, 15) is 14.7 Å². The van der Waals surface area contributed by atoms with Crippen molar-refractivity contribution in [2.75, 3.05) is 0 Å². The fourth-order valence-electron chi connectivity index (χ4n) is 9.77. The monoisotopic (exact) mass is 446 g/mol. The van der Waals surface area contributed by atoms with Crippen LogP contribution in [0.3, 0.4) is 0 Å². The number of esters is 2. The summed E-state index contributed by atoms with van der Waals surface area (Å²) in [5, 5.41) is 11.8. The number of aliphatic hydroxyl groups excluding tert-OH is 1. The summed E-state index contributed by atoms with van der Waals surface area (Å²) < 4.78 is 4.75. The Balaban J connectivity index is 1.53. The van der Waals surface area contributed by atoms with Gasteiger partial charge in [0.25, 0.3) is 0 Å². The molecule has 0 spiro atoms. The Kier molecular flexibility index (Phi) is 6.85. The van der Waals surface area contributed by atoms with Crippen LogP contribution in [0.15, 0.2) is 0 Å². The highest BCUT2D eigenvalue weighted by Crippen LogP contribution is 2.69. The lowest BCUT2D eigenvalue weighted by Gasteiger charge is -2.64. The lowest BCUT2D eigenvalue weighted by Crippen LogP contribution is -2.61. The van der Waals surface area contributed by atoms with Crippen LogP contribution in [0.4, 0.5) is 0 Å². The molecule has 0 aromatic heterocycles. The molecule has 0 amide bonds. The maximum absolute atomic E-state index is 11.9. The van der Waals surface area contributed by atoms with Crippen LogP contribution in [0.2, 0.25) is 0 Å². The third-order valence-electron chi connectivity index (χ3n) is 11.2. The quantitative estimate of drug-likeness (QED) is 0.406. The maximum atomic E-state index is 11.9. The molecule has 0 aliphatic heterocycles.